The minimum absolute atomic E-state index is 0.0125. The molecule has 0 spiro atoms. The smallest absolute Gasteiger partial charge is 0.243 e. The van der Waals surface area contributed by atoms with Crippen molar-refractivity contribution in [1.82, 2.24) is 4.31 Å². The molecule has 4 nitrogen and oxygen atoms in total. The molecule has 96 valence electrons. The summed E-state index contributed by atoms with van der Waals surface area (Å²) in [5.41, 5.74) is 0.736. The first-order valence-corrected chi connectivity index (χ1v) is 6.58. The molecule has 1 aromatic rings. The zero-order valence-electron chi connectivity index (χ0n) is 10.1. The SMILES string of the molecule is Cc1cc(F)cc(C)c1S(=O)(=O)N(C)CCO. The van der Waals surface area contributed by atoms with Crippen molar-refractivity contribution in [3.05, 3.63) is 29.1 Å². The van der Waals surface area contributed by atoms with Gasteiger partial charge in [-0.1, -0.05) is 0 Å². The molecule has 1 N–H and O–H groups in total. The van der Waals surface area contributed by atoms with Crippen LogP contribution < -0.4 is 0 Å². The third kappa shape index (κ3) is 2.83. The summed E-state index contributed by atoms with van der Waals surface area (Å²) >= 11 is 0. The number of aryl methyl sites for hydroxylation is 2. The Bertz CT molecular complexity index is 490. The summed E-state index contributed by atoms with van der Waals surface area (Å²) in [4.78, 5) is 0.106. The molecule has 0 aromatic heterocycles. The van der Waals surface area contributed by atoms with Crippen LogP contribution in [-0.2, 0) is 10.0 Å². The Kier molecular flexibility index (Phi) is 4.24. The molecule has 0 aliphatic rings. The van der Waals surface area contributed by atoms with E-state index in [0.29, 0.717) is 11.1 Å². The number of hydrogen-bond donors (Lipinski definition) is 1. The van der Waals surface area contributed by atoms with Gasteiger partial charge < -0.3 is 5.11 Å². The first-order chi connectivity index (χ1) is 7.80. The fraction of sp³-hybridized carbons (Fsp3) is 0.455. The number of sulfonamides is 1. The molecular weight excluding hydrogens is 245 g/mol. The van der Waals surface area contributed by atoms with Crippen molar-refractivity contribution < 1.29 is 17.9 Å². The van der Waals surface area contributed by atoms with Gasteiger partial charge in [0.1, 0.15) is 5.82 Å². The molecule has 0 bridgehead atoms. The highest BCUT2D eigenvalue weighted by Crippen LogP contribution is 2.23. The fourth-order valence-electron chi connectivity index (χ4n) is 1.72. The van der Waals surface area contributed by atoms with Crippen LogP contribution in [0.25, 0.3) is 0 Å². The molecule has 0 saturated carbocycles. The van der Waals surface area contributed by atoms with Gasteiger partial charge in [-0.2, -0.15) is 4.31 Å². The van der Waals surface area contributed by atoms with E-state index in [1.54, 1.807) is 13.8 Å². The molecule has 0 aliphatic carbocycles. The zero-order valence-corrected chi connectivity index (χ0v) is 10.9. The predicted octanol–water partition coefficient (Wildman–Crippen LogP) is 1.06. The van der Waals surface area contributed by atoms with Crippen LogP contribution in [0.5, 0.6) is 0 Å². The lowest BCUT2D eigenvalue weighted by atomic mass is 10.1. The molecule has 0 fully saturated rings. The summed E-state index contributed by atoms with van der Waals surface area (Å²) in [5.74, 6) is -0.455. The summed E-state index contributed by atoms with van der Waals surface area (Å²) in [6.45, 7) is 2.86. The number of likely N-dealkylation sites (N-methyl/N-ethyl adjacent to an activating group) is 1. The lowest BCUT2D eigenvalue weighted by Gasteiger charge is -2.19. The lowest BCUT2D eigenvalue weighted by Crippen LogP contribution is -2.30. The normalized spacial score (nSPS) is 12.1. The van der Waals surface area contributed by atoms with Gasteiger partial charge in [-0.15, -0.1) is 0 Å². The second-order valence-electron chi connectivity index (χ2n) is 3.92. The van der Waals surface area contributed by atoms with Gasteiger partial charge in [0.25, 0.3) is 0 Å². The highest BCUT2D eigenvalue weighted by molar-refractivity contribution is 7.89. The van der Waals surface area contributed by atoms with Crippen molar-refractivity contribution in [2.75, 3.05) is 20.2 Å². The average Bonchev–Trinajstić information content (AvgIpc) is 2.15. The van der Waals surface area contributed by atoms with E-state index in [4.69, 9.17) is 5.11 Å². The van der Waals surface area contributed by atoms with Gasteiger partial charge in [0, 0.05) is 13.6 Å². The maximum absolute atomic E-state index is 13.1. The maximum Gasteiger partial charge on any atom is 0.243 e. The first kappa shape index (κ1) is 14.1. The van der Waals surface area contributed by atoms with Crippen molar-refractivity contribution in [1.29, 1.82) is 0 Å². The van der Waals surface area contributed by atoms with Gasteiger partial charge in [0.2, 0.25) is 10.0 Å². The van der Waals surface area contributed by atoms with Crippen molar-refractivity contribution in [3.63, 3.8) is 0 Å². The van der Waals surface area contributed by atoms with Gasteiger partial charge in [-0.25, -0.2) is 12.8 Å². The minimum atomic E-state index is -3.67. The number of aliphatic hydroxyl groups excluding tert-OH is 1. The second-order valence-corrected chi connectivity index (χ2v) is 5.90. The number of benzene rings is 1. The van der Waals surface area contributed by atoms with Crippen LogP contribution in [0.4, 0.5) is 4.39 Å². The van der Waals surface area contributed by atoms with E-state index >= 15 is 0 Å². The van der Waals surface area contributed by atoms with Gasteiger partial charge in [-0.3, -0.25) is 0 Å². The number of halogens is 1. The second kappa shape index (κ2) is 5.12. The third-order valence-electron chi connectivity index (χ3n) is 2.51. The third-order valence-corrected chi connectivity index (χ3v) is 4.67. The molecule has 17 heavy (non-hydrogen) atoms. The van der Waals surface area contributed by atoms with Crippen LogP contribution in [0.1, 0.15) is 11.1 Å². The molecule has 0 aliphatic heterocycles. The lowest BCUT2D eigenvalue weighted by molar-refractivity contribution is 0.266. The summed E-state index contributed by atoms with van der Waals surface area (Å²) in [6, 6.07) is 2.37. The van der Waals surface area contributed by atoms with Gasteiger partial charge in [0.05, 0.1) is 11.5 Å². The Hall–Kier alpha value is -0.980. The summed E-state index contributed by atoms with van der Waals surface area (Å²) < 4.78 is 38.5. The first-order valence-electron chi connectivity index (χ1n) is 5.14. The zero-order chi connectivity index (χ0) is 13.2. The highest BCUT2D eigenvalue weighted by Gasteiger charge is 2.24. The quantitative estimate of drug-likeness (QED) is 0.881. The number of nitrogens with zero attached hydrogens (tertiary/aromatic N) is 1. The number of rotatable bonds is 4. The van der Waals surface area contributed by atoms with Crippen molar-refractivity contribution in [2.45, 2.75) is 18.7 Å². The Labute approximate surface area is 101 Å². The molecule has 0 amide bonds. The summed E-state index contributed by atoms with van der Waals surface area (Å²) in [7, 11) is -2.29. The monoisotopic (exact) mass is 261 g/mol. The minimum Gasteiger partial charge on any atom is -0.395 e. The topological polar surface area (TPSA) is 57.6 Å². The molecule has 1 rings (SSSR count). The Morgan fingerprint density at radius 1 is 1.29 bits per heavy atom. The van der Waals surface area contributed by atoms with E-state index in [-0.39, 0.29) is 18.0 Å². The van der Waals surface area contributed by atoms with Crippen LogP contribution in [0.2, 0.25) is 0 Å². The van der Waals surface area contributed by atoms with Gasteiger partial charge in [0.15, 0.2) is 0 Å². The standard InChI is InChI=1S/C11H16FNO3S/c1-8-6-10(12)7-9(2)11(8)17(15,16)13(3)4-5-14/h6-7,14H,4-5H2,1-3H3. The van der Waals surface area contributed by atoms with E-state index in [0.717, 1.165) is 4.31 Å². The Morgan fingerprint density at radius 3 is 2.18 bits per heavy atom. The molecule has 6 heteroatoms. The van der Waals surface area contributed by atoms with E-state index in [1.165, 1.54) is 19.2 Å². The predicted molar refractivity (Wildman–Crippen MR) is 62.8 cm³/mol. The molecular formula is C11H16FNO3S. The molecule has 0 saturated heterocycles. The highest BCUT2D eigenvalue weighted by atomic mass is 32.2. The fourth-order valence-corrected chi connectivity index (χ4v) is 3.29. The number of aliphatic hydroxyl groups is 1. The van der Waals surface area contributed by atoms with Crippen LogP contribution in [0.3, 0.4) is 0 Å². The van der Waals surface area contributed by atoms with Crippen LogP contribution in [-0.4, -0.2) is 38.0 Å². The summed E-state index contributed by atoms with van der Waals surface area (Å²) in [6.07, 6.45) is 0. The van der Waals surface area contributed by atoms with Crippen LogP contribution in [0.15, 0.2) is 17.0 Å². The van der Waals surface area contributed by atoms with E-state index in [9.17, 15) is 12.8 Å². The molecule has 0 radical (unpaired) electrons. The molecule has 0 unspecified atom stereocenters. The van der Waals surface area contributed by atoms with Crippen molar-refractivity contribution in [2.24, 2.45) is 0 Å². The van der Waals surface area contributed by atoms with E-state index < -0.39 is 15.8 Å². The van der Waals surface area contributed by atoms with Crippen molar-refractivity contribution >= 4 is 10.0 Å². The van der Waals surface area contributed by atoms with Crippen LogP contribution >= 0.6 is 0 Å². The summed E-state index contributed by atoms with van der Waals surface area (Å²) in [5, 5.41) is 8.76. The largest absolute Gasteiger partial charge is 0.395 e. The molecule has 0 heterocycles. The Balaban J connectivity index is 3.34. The van der Waals surface area contributed by atoms with Gasteiger partial charge in [-0.05, 0) is 37.1 Å². The molecule has 1 aromatic carbocycles. The number of hydrogen-bond acceptors (Lipinski definition) is 3. The van der Waals surface area contributed by atoms with E-state index in [1.807, 2.05) is 0 Å². The Morgan fingerprint density at radius 2 is 1.76 bits per heavy atom. The maximum atomic E-state index is 13.1. The van der Waals surface area contributed by atoms with Crippen LogP contribution in [0, 0.1) is 19.7 Å². The van der Waals surface area contributed by atoms with Gasteiger partial charge >= 0.3 is 0 Å². The van der Waals surface area contributed by atoms with E-state index in [2.05, 4.69) is 0 Å². The molecule has 0 atom stereocenters. The average molecular weight is 261 g/mol. The van der Waals surface area contributed by atoms with Crippen molar-refractivity contribution in [3.8, 4) is 0 Å².